The number of nitrogens with zero attached hydrogens (tertiary/aromatic N) is 1. The van der Waals surface area contributed by atoms with E-state index in [9.17, 15) is 55.2 Å². The summed E-state index contributed by atoms with van der Waals surface area (Å²) in [7, 11) is 0. The van der Waals surface area contributed by atoms with E-state index in [-0.39, 0.29) is 17.6 Å². The first kappa shape index (κ1) is 48.4. The lowest BCUT2D eigenvalue weighted by atomic mass is 10.0. The number of alkyl halides is 1. The molecule has 21 heteroatoms. The highest BCUT2D eigenvalue weighted by Crippen LogP contribution is 2.35. The van der Waals surface area contributed by atoms with E-state index >= 15 is 0 Å². The van der Waals surface area contributed by atoms with Gasteiger partial charge in [-0.1, -0.05) is 72.4 Å². The van der Waals surface area contributed by atoms with Gasteiger partial charge >= 0.3 is 0 Å². The first-order valence-electron chi connectivity index (χ1n) is 19.2. The van der Waals surface area contributed by atoms with Crippen molar-refractivity contribution < 1.29 is 83.7 Å². The Morgan fingerprint density at radius 3 is 2.11 bits per heavy atom. The average molecular weight is 902 g/mol. The highest BCUT2D eigenvalue weighted by Gasteiger charge is 2.56. The predicted molar refractivity (Wildman–Crippen MR) is 213 cm³/mol. The van der Waals surface area contributed by atoms with Gasteiger partial charge in [0, 0.05) is 5.03 Å². The van der Waals surface area contributed by atoms with Gasteiger partial charge in [-0.15, -0.1) is 11.6 Å². The minimum absolute atomic E-state index is 0.0706. The Labute approximate surface area is 360 Å². The van der Waals surface area contributed by atoms with E-state index < -0.39 is 129 Å². The number of nitrogens with two attached hydrogens (primary N) is 1. The number of hydrogen-bond donors (Lipinski definition) is 9. The maximum absolute atomic E-state index is 13.9. The Morgan fingerprint density at radius 2 is 1.48 bits per heavy atom. The number of aliphatic hydroxyl groups is 8. The highest BCUT2D eigenvalue weighted by atomic mass is 35.5. The molecule has 5 aliphatic heterocycles. The van der Waals surface area contributed by atoms with Crippen molar-refractivity contribution in [1.82, 2.24) is 4.90 Å². The molecule has 5 heterocycles. The summed E-state index contributed by atoms with van der Waals surface area (Å²) in [5.74, 6) is -3.95. The minimum atomic E-state index is -1.96. The Hall–Kier alpha value is -3.61. The van der Waals surface area contributed by atoms with Crippen LogP contribution in [0.25, 0.3) is 0 Å². The summed E-state index contributed by atoms with van der Waals surface area (Å²) < 4.78 is 32.9. The zero-order valence-electron chi connectivity index (χ0n) is 32.6. The number of aliphatic hydroxyl groups excluding tert-OH is 8. The smallest absolute Gasteiger partial charge is 0.264 e. The lowest BCUT2D eigenvalue weighted by Gasteiger charge is -2.46. The lowest BCUT2D eigenvalue weighted by molar-refractivity contribution is -0.339. The number of amides is 2. The third kappa shape index (κ3) is 12.1. The van der Waals surface area contributed by atoms with Crippen molar-refractivity contribution in [2.75, 3.05) is 13.2 Å². The van der Waals surface area contributed by atoms with E-state index in [2.05, 4.69) is 0 Å². The summed E-state index contributed by atoms with van der Waals surface area (Å²) in [5.41, 5.74) is 4.66. The molecule has 0 aliphatic carbocycles. The molecule has 0 spiro atoms. The number of ether oxygens (including phenoxy) is 6. The molecule has 16 atom stereocenters. The first-order valence-corrected chi connectivity index (χ1v) is 20.0. The van der Waals surface area contributed by atoms with E-state index in [1.165, 1.54) is 12.2 Å². The molecule has 5 rings (SSSR count). The normalized spacial score (nSPS) is 40.2. The second-order valence-corrected chi connectivity index (χ2v) is 15.6. The summed E-state index contributed by atoms with van der Waals surface area (Å²) >= 11 is 12.5. The maximum atomic E-state index is 13.9. The number of ketones is 1. The average Bonchev–Trinajstić information content (AvgIpc) is 3.76. The van der Waals surface area contributed by atoms with E-state index in [0.29, 0.717) is 5.03 Å². The zero-order valence-corrected chi connectivity index (χ0v) is 34.1. The van der Waals surface area contributed by atoms with Crippen molar-refractivity contribution in [3.8, 4) is 0 Å². The van der Waals surface area contributed by atoms with Crippen LogP contribution in [0.3, 0.4) is 0 Å². The lowest BCUT2D eigenvalue weighted by Crippen LogP contribution is -2.65. The van der Waals surface area contributed by atoms with Crippen LogP contribution in [0.1, 0.15) is 19.8 Å². The number of rotatable bonds is 15. The molecule has 0 aromatic heterocycles. The van der Waals surface area contributed by atoms with Gasteiger partial charge in [0.1, 0.15) is 66.2 Å². The number of allylic oxidation sites excluding steroid dienone is 13. The maximum Gasteiger partial charge on any atom is 0.264 e. The molecule has 0 aromatic carbocycles. The van der Waals surface area contributed by atoms with Crippen LogP contribution in [0.5, 0.6) is 0 Å². The van der Waals surface area contributed by atoms with Crippen molar-refractivity contribution >= 4 is 40.8 Å². The van der Waals surface area contributed by atoms with Crippen molar-refractivity contribution in [3.05, 3.63) is 95.4 Å². The van der Waals surface area contributed by atoms with E-state index in [1.54, 1.807) is 48.6 Å². The fourth-order valence-corrected chi connectivity index (χ4v) is 7.46. The van der Waals surface area contributed by atoms with Gasteiger partial charge in [-0.3, -0.25) is 19.3 Å². The van der Waals surface area contributed by atoms with Gasteiger partial charge in [0.2, 0.25) is 5.91 Å². The molecule has 61 heavy (non-hydrogen) atoms. The topological polar surface area (TPSA) is 298 Å². The molecule has 10 N–H and O–H groups in total. The van der Waals surface area contributed by atoms with Crippen LogP contribution in [-0.4, -0.2) is 174 Å². The second kappa shape index (κ2) is 22.1. The summed E-state index contributed by atoms with van der Waals surface area (Å²) in [6, 6.07) is -1.66. The molecule has 5 aliphatic rings. The first-order chi connectivity index (χ1) is 29.0. The molecule has 0 bridgehead atoms. The summed E-state index contributed by atoms with van der Waals surface area (Å²) in [4.78, 5) is 40.3. The third-order valence-corrected chi connectivity index (χ3v) is 10.8. The zero-order chi connectivity index (χ0) is 44.5. The Bertz CT molecular complexity index is 1820. The third-order valence-electron chi connectivity index (χ3n) is 10.1. The second-order valence-electron chi connectivity index (χ2n) is 14.6. The number of likely N-dealkylation sites (tertiary alicyclic amines) is 1. The highest BCUT2D eigenvalue weighted by molar-refractivity contribution is 6.31. The van der Waals surface area contributed by atoms with Crippen LogP contribution in [0.15, 0.2) is 95.4 Å². The Balaban J connectivity index is 1.22. The molecule has 2 amide bonds. The quantitative estimate of drug-likeness (QED) is 0.0314. The monoisotopic (exact) mass is 900 g/mol. The van der Waals surface area contributed by atoms with Crippen molar-refractivity contribution in [2.24, 2.45) is 5.73 Å². The predicted octanol–water partition coefficient (Wildman–Crippen LogP) is -0.978. The molecular formula is C40H50Cl2N2O17. The number of halogens is 2. The van der Waals surface area contributed by atoms with Crippen LogP contribution < -0.4 is 5.73 Å². The fraction of sp³-hybridized carbons (Fsp3) is 0.525. The number of carbonyl (C=O) groups excluding carboxylic acids is 3. The van der Waals surface area contributed by atoms with E-state index in [1.807, 2.05) is 19.1 Å². The Morgan fingerprint density at radius 1 is 0.820 bits per heavy atom. The molecule has 19 nitrogen and oxygen atoms in total. The molecule has 5 fully saturated rings. The number of primary amides is 1. The molecule has 5 saturated heterocycles. The van der Waals surface area contributed by atoms with Crippen LogP contribution in [0.2, 0.25) is 0 Å². The largest absolute Gasteiger partial charge is 0.507 e. The molecular weight excluding hydrogens is 851 g/mol. The number of Topliss-reactive ketones (excluding diaryl/α,β-unsaturated/α-hetero) is 1. The van der Waals surface area contributed by atoms with Gasteiger partial charge in [-0.05, 0) is 31.6 Å². The molecule has 336 valence electrons. The number of carbonyl (C=O) groups is 3. The Kier molecular flexibility index (Phi) is 17.6. The number of hydrogen-bond acceptors (Lipinski definition) is 17. The minimum Gasteiger partial charge on any atom is -0.507 e. The molecule has 0 saturated carbocycles. The fourth-order valence-electron chi connectivity index (χ4n) is 6.92. The van der Waals surface area contributed by atoms with Crippen LogP contribution in [-0.2, 0) is 42.8 Å². The van der Waals surface area contributed by atoms with Crippen molar-refractivity contribution in [1.29, 1.82) is 0 Å². The van der Waals surface area contributed by atoms with Gasteiger partial charge < -0.3 is 75.0 Å². The summed E-state index contributed by atoms with van der Waals surface area (Å²) in [6.45, 7) is 0.830. The SMILES string of the molecule is C[C@@H]1C[C@H](Cl)[C@H](/C=C/C=C\C(Cl)=C\C=C\C=C\C=C\C=C\C(O)=C2/C(=O)[C@H](CC(N)=O)N([C@H]3OC[C@@H](O)[C@H](O)[C@H]3O[C@@H]3OC[C@@H](O[C@@H]4O[C@H](O)[C@@H](O)[C@@H]4O)[C@H](O)[C@@H]3O)C2=O)O1. The summed E-state index contributed by atoms with van der Waals surface area (Å²) in [6.07, 6.45) is 0.217. The van der Waals surface area contributed by atoms with Gasteiger partial charge in [0.15, 0.2) is 30.9 Å². The van der Waals surface area contributed by atoms with Crippen LogP contribution >= 0.6 is 23.2 Å². The molecule has 0 aromatic rings. The van der Waals surface area contributed by atoms with E-state index in [0.717, 1.165) is 17.4 Å². The van der Waals surface area contributed by atoms with Crippen molar-refractivity contribution in [3.63, 3.8) is 0 Å². The van der Waals surface area contributed by atoms with Gasteiger partial charge in [0.05, 0.1) is 37.2 Å². The van der Waals surface area contributed by atoms with Crippen LogP contribution in [0.4, 0.5) is 0 Å². The standard InChI is InChI=1S/C40H50Cl2N2O17/c1-19-15-21(42)25(58-19)14-10-9-12-20(41)11-7-5-3-2-4-6-8-13-23(45)28-29(48)22(16-27(43)47)44(36(28)54)37-35(30(49)24(46)17-56-37)60-39-33(52)31(50)26(18-57-39)59-40-34(53)32(51)38(55)61-40/h2-14,19,21-22,24-26,30-35,37-40,45-46,49-53,55H,15-18H2,1H3,(H2,43,47)/b3-2+,6-4+,7-5+,12-9-,13-8+,14-10+,20-11-,28-23-/t19-,21+,22+,24-,25+,26-,30+,31+,32+,33+,34+,35-,37+,38+,39+,40-/m1/s1. The summed E-state index contributed by atoms with van der Waals surface area (Å²) in [5, 5.41) is 83.8. The van der Waals surface area contributed by atoms with Crippen LogP contribution in [0, 0.1) is 0 Å². The van der Waals surface area contributed by atoms with E-state index in [4.69, 9.17) is 57.4 Å². The van der Waals surface area contributed by atoms with Gasteiger partial charge in [-0.25, -0.2) is 0 Å². The van der Waals surface area contributed by atoms with Gasteiger partial charge in [0.25, 0.3) is 5.91 Å². The van der Waals surface area contributed by atoms with Crippen molar-refractivity contribution in [2.45, 2.75) is 117 Å². The van der Waals surface area contributed by atoms with Gasteiger partial charge in [-0.2, -0.15) is 0 Å². The molecule has 0 radical (unpaired) electrons. The molecule has 0 unspecified atom stereocenters.